The molecule has 0 saturated heterocycles. The molecule has 19 heavy (non-hydrogen) atoms. The fourth-order valence-corrected chi connectivity index (χ4v) is 2.76. The second-order valence-corrected chi connectivity index (χ2v) is 5.40. The van der Waals surface area contributed by atoms with Crippen molar-refractivity contribution in [3.05, 3.63) is 17.6 Å². The second-order valence-electron chi connectivity index (χ2n) is 5.40. The molecule has 4 heteroatoms. The number of anilines is 1. The zero-order valence-corrected chi connectivity index (χ0v) is 12.3. The van der Waals surface area contributed by atoms with E-state index in [1.807, 2.05) is 13.0 Å². The number of nitrogens with zero attached hydrogens (tertiary/aromatic N) is 2. The molecule has 106 valence electrons. The molecule has 0 radical (unpaired) electrons. The number of rotatable bonds is 5. The van der Waals surface area contributed by atoms with Crippen molar-refractivity contribution in [1.29, 1.82) is 0 Å². The van der Waals surface area contributed by atoms with Gasteiger partial charge in [0.15, 0.2) is 5.82 Å². The first-order chi connectivity index (χ1) is 9.20. The molecule has 1 fully saturated rings. The molecule has 0 atom stereocenters. The normalized spacial score (nSPS) is 18.3. The van der Waals surface area contributed by atoms with E-state index >= 15 is 0 Å². The Kier molecular flexibility index (Phi) is 4.75. The van der Waals surface area contributed by atoms with Gasteiger partial charge in [0.2, 0.25) is 0 Å². The van der Waals surface area contributed by atoms with Crippen LogP contribution in [0.3, 0.4) is 0 Å². The number of ether oxygens (including phenoxy) is 1. The summed E-state index contributed by atoms with van der Waals surface area (Å²) in [4.78, 5) is 9.32. The molecule has 0 aromatic carbocycles. The SMILES string of the molecule is CCCNc1cc(C)nc(C2(OC)CCCCC2)n1. The molecule has 1 heterocycles. The van der Waals surface area contributed by atoms with Crippen LogP contribution >= 0.6 is 0 Å². The largest absolute Gasteiger partial charge is 0.370 e. The lowest BCUT2D eigenvalue weighted by atomic mass is 9.84. The number of methoxy groups -OCH3 is 1. The van der Waals surface area contributed by atoms with Crippen molar-refractivity contribution in [2.24, 2.45) is 0 Å². The first-order valence-electron chi connectivity index (χ1n) is 7.35. The predicted octanol–water partition coefficient (Wildman–Crippen LogP) is 3.41. The van der Waals surface area contributed by atoms with Crippen LogP contribution in [0, 0.1) is 6.92 Å². The van der Waals surface area contributed by atoms with Gasteiger partial charge in [0.1, 0.15) is 11.4 Å². The molecule has 1 aromatic rings. The molecule has 0 spiro atoms. The highest BCUT2D eigenvalue weighted by molar-refractivity contribution is 5.36. The van der Waals surface area contributed by atoms with Crippen molar-refractivity contribution in [1.82, 2.24) is 9.97 Å². The summed E-state index contributed by atoms with van der Waals surface area (Å²) in [6.45, 7) is 5.12. The molecule has 1 N–H and O–H groups in total. The number of nitrogens with one attached hydrogen (secondary N) is 1. The number of aryl methyl sites for hydroxylation is 1. The van der Waals surface area contributed by atoms with E-state index < -0.39 is 0 Å². The van der Waals surface area contributed by atoms with Crippen molar-refractivity contribution < 1.29 is 4.74 Å². The Balaban J connectivity index is 2.28. The van der Waals surface area contributed by atoms with Gasteiger partial charge in [-0.25, -0.2) is 9.97 Å². The third kappa shape index (κ3) is 3.24. The second kappa shape index (κ2) is 6.33. The molecule has 0 unspecified atom stereocenters. The summed E-state index contributed by atoms with van der Waals surface area (Å²) in [6.07, 6.45) is 6.83. The summed E-state index contributed by atoms with van der Waals surface area (Å²) in [5.41, 5.74) is 0.734. The molecule has 1 aromatic heterocycles. The predicted molar refractivity (Wildman–Crippen MR) is 77.3 cm³/mol. The fraction of sp³-hybridized carbons (Fsp3) is 0.733. The molecule has 4 nitrogen and oxygen atoms in total. The zero-order chi connectivity index (χ0) is 13.7. The Morgan fingerprint density at radius 3 is 2.63 bits per heavy atom. The maximum absolute atomic E-state index is 5.83. The highest BCUT2D eigenvalue weighted by Crippen LogP contribution is 2.38. The third-order valence-corrected chi connectivity index (χ3v) is 3.87. The maximum atomic E-state index is 5.83. The molecule has 1 aliphatic rings. The first-order valence-corrected chi connectivity index (χ1v) is 7.35. The average molecular weight is 263 g/mol. The zero-order valence-electron chi connectivity index (χ0n) is 12.3. The van der Waals surface area contributed by atoms with E-state index in [1.165, 1.54) is 19.3 Å². The standard InChI is InChI=1S/C15H25N3O/c1-4-10-16-13-11-12(2)17-14(18-13)15(19-3)8-6-5-7-9-15/h11H,4-10H2,1-3H3,(H,16,17,18). The molecule has 2 rings (SSSR count). The highest BCUT2D eigenvalue weighted by Gasteiger charge is 2.37. The summed E-state index contributed by atoms with van der Waals surface area (Å²) in [6, 6.07) is 2.01. The fourth-order valence-electron chi connectivity index (χ4n) is 2.76. The summed E-state index contributed by atoms with van der Waals surface area (Å²) >= 11 is 0. The van der Waals surface area contributed by atoms with E-state index in [9.17, 15) is 0 Å². The molecule has 1 saturated carbocycles. The van der Waals surface area contributed by atoms with E-state index in [2.05, 4.69) is 17.2 Å². The summed E-state index contributed by atoms with van der Waals surface area (Å²) in [5.74, 6) is 1.78. The van der Waals surface area contributed by atoms with E-state index in [1.54, 1.807) is 7.11 Å². The smallest absolute Gasteiger partial charge is 0.162 e. The Bertz CT molecular complexity index is 414. The lowest BCUT2D eigenvalue weighted by Gasteiger charge is -2.34. The van der Waals surface area contributed by atoms with Crippen LogP contribution in [0.2, 0.25) is 0 Å². The lowest BCUT2D eigenvalue weighted by molar-refractivity contribution is -0.0515. The van der Waals surface area contributed by atoms with Gasteiger partial charge in [-0.05, 0) is 26.2 Å². The van der Waals surface area contributed by atoms with Gasteiger partial charge in [0.25, 0.3) is 0 Å². The van der Waals surface area contributed by atoms with Crippen molar-refractivity contribution in [2.75, 3.05) is 19.0 Å². The Hall–Kier alpha value is -1.16. The Morgan fingerprint density at radius 1 is 1.26 bits per heavy atom. The van der Waals surface area contributed by atoms with E-state index in [-0.39, 0.29) is 5.60 Å². The number of aromatic nitrogens is 2. The minimum absolute atomic E-state index is 0.271. The number of hydrogen-bond acceptors (Lipinski definition) is 4. The van der Waals surface area contributed by atoms with Crippen LogP contribution in [-0.2, 0) is 10.3 Å². The summed E-state index contributed by atoms with van der Waals surface area (Å²) in [5, 5.41) is 3.35. The van der Waals surface area contributed by atoms with Gasteiger partial charge in [-0.1, -0.05) is 26.2 Å². The van der Waals surface area contributed by atoms with E-state index in [4.69, 9.17) is 9.72 Å². The minimum Gasteiger partial charge on any atom is -0.370 e. The van der Waals surface area contributed by atoms with Crippen LogP contribution in [0.5, 0.6) is 0 Å². The minimum atomic E-state index is -0.271. The topological polar surface area (TPSA) is 47.0 Å². The van der Waals surface area contributed by atoms with Gasteiger partial charge in [-0.15, -0.1) is 0 Å². The lowest BCUT2D eigenvalue weighted by Crippen LogP contribution is -2.33. The van der Waals surface area contributed by atoms with Crippen LogP contribution in [-0.4, -0.2) is 23.6 Å². The van der Waals surface area contributed by atoms with Crippen molar-refractivity contribution in [2.45, 2.75) is 58.0 Å². The quantitative estimate of drug-likeness (QED) is 0.884. The van der Waals surface area contributed by atoms with Gasteiger partial charge in [0.05, 0.1) is 0 Å². The maximum Gasteiger partial charge on any atom is 0.162 e. The summed E-state index contributed by atoms with van der Waals surface area (Å²) < 4.78 is 5.83. The van der Waals surface area contributed by atoms with Crippen LogP contribution in [0.25, 0.3) is 0 Å². The molecule has 0 amide bonds. The van der Waals surface area contributed by atoms with Crippen LogP contribution < -0.4 is 5.32 Å². The van der Waals surface area contributed by atoms with Crippen molar-refractivity contribution in [3.8, 4) is 0 Å². The van der Waals surface area contributed by atoms with Crippen molar-refractivity contribution >= 4 is 5.82 Å². The first kappa shape index (κ1) is 14.3. The highest BCUT2D eigenvalue weighted by atomic mass is 16.5. The third-order valence-electron chi connectivity index (χ3n) is 3.87. The Morgan fingerprint density at radius 2 is 2.00 bits per heavy atom. The average Bonchev–Trinajstić information content (AvgIpc) is 2.45. The monoisotopic (exact) mass is 263 g/mol. The summed E-state index contributed by atoms with van der Waals surface area (Å²) in [7, 11) is 1.79. The molecule has 1 aliphatic carbocycles. The van der Waals surface area contributed by atoms with Gasteiger partial charge in [-0.2, -0.15) is 0 Å². The van der Waals surface area contributed by atoms with Crippen LogP contribution in [0.1, 0.15) is 57.0 Å². The molecule has 0 aliphatic heterocycles. The molecular weight excluding hydrogens is 238 g/mol. The van der Waals surface area contributed by atoms with Crippen LogP contribution in [0.4, 0.5) is 5.82 Å². The van der Waals surface area contributed by atoms with Gasteiger partial charge in [0, 0.05) is 25.4 Å². The Labute approximate surface area is 116 Å². The van der Waals surface area contributed by atoms with Crippen molar-refractivity contribution in [3.63, 3.8) is 0 Å². The van der Waals surface area contributed by atoms with E-state index in [0.717, 1.165) is 43.1 Å². The number of hydrogen-bond donors (Lipinski definition) is 1. The van der Waals surface area contributed by atoms with Gasteiger partial charge in [-0.3, -0.25) is 0 Å². The molecular formula is C15H25N3O. The van der Waals surface area contributed by atoms with Gasteiger partial charge >= 0.3 is 0 Å². The van der Waals surface area contributed by atoms with Crippen LogP contribution in [0.15, 0.2) is 6.07 Å². The molecule has 0 bridgehead atoms. The van der Waals surface area contributed by atoms with Gasteiger partial charge < -0.3 is 10.1 Å². The van der Waals surface area contributed by atoms with E-state index in [0.29, 0.717) is 0 Å².